The maximum absolute atomic E-state index is 13.1. The number of hydrogen-bond donors (Lipinski definition) is 1. The number of ether oxygens (including phenoxy) is 1. The van der Waals surface area contributed by atoms with Crippen molar-refractivity contribution in [1.29, 1.82) is 0 Å². The van der Waals surface area contributed by atoms with Crippen LogP contribution in [-0.2, 0) is 14.3 Å². The molecule has 0 amide bonds. The van der Waals surface area contributed by atoms with Gasteiger partial charge in [0.15, 0.2) is 0 Å². The second-order valence-electron chi connectivity index (χ2n) is 11.5. The zero-order valence-electron chi connectivity index (χ0n) is 23.6. The second-order valence-corrected chi connectivity index (χ2v) is 11.5. The van der Waals surface area contributed by atoms with E-state index in [2.05, 4.69) is 13.8 Å². The number of esters is 1. The Hall–Kier alpha value is -1.06. The van der Waals surface area contributed by atoms with Gasteiger partial charge in [-0.2, -0.15) is 0 Å². The van der Waals surface area contributed by atoms with Gasteiger partial charge in [-0.3, -0.25) is 9.59 Å². The molecule has 1 N–H and O–H groups in total. The molecule has 1 saturated carbocycles. The largest absolute Gasteiger partial charge is 0.481 e. The van der Waals surface area contributed by atoms with E-state index >= 15 is 0 Å². The highest BCUT2D eigenvalue weighted by atomic mass is 16.5. The van der Waals surface area contributed by atoms with Crippen LogP contribution in [0.2, 0.25) is 0 Å². The zero-order chi connectivity index (χ0) is 25.8. The smallest absolute Gasteiger partial charge is 0.312 e. The van der Waals surface area contributed by atoms with Crippen molar-refractivity contribution in [2.24, 2.45) is 11.3 Å². The molecule has 1 aliphatic carbocycles. The molecule has 0 bridgehead atoms. The SMILES string of the molecule is CCCCCCCCCCCCCCCCCC(CCCC)OC(=O)C1(C)CCCCC1C(=O)O. The maximum atomic E-state index is 13.1. The predicted molar refractivity (Wildman–Crippen MR) is 147 cm³/mol. The Morgan fingerprint density at radius 2 is 1.20 bits per heavy atom. The average molecular weight is 495 g/mol. The number of unbranched alkanes of at least 4 members (excludes halogenated alkanes) is 15. The van der Waals surface area contributed by atoms with Crippen LogP contribution in [0.5, 0.6) is 0 Å². The molecule has 1 fully saturated rings. The van der Waals surface area contributed by atoms with Gasteiger partial charge >= 0.3 is 11.9 Å². The maximum Gasteiger partial charge on any atom is 0.312 e. The minimum Gasteiger partial charge on any atom is -0.481 e. The summed E-state index contributed by atoms with van der Waals surface area (Å²) in [4.78, 5) is 24.8. The first-order valence-electron chi connectivity index (χ1n) is 15.4. The van der Waals surface area contributed by atoms with Gasteiger partial charge in [0.1, 0.15) is 6.10 Å². The van der Waals surface area contributed by atoms with Gasteiger partial charge in [-0.15, -0.1) is 0 Å². The van der Waals surface area contributed by atoms with Crippen molar-refractivity contribution in [1.82, 2.24) is 0 Å². The van der Waals surface area contributed by atoms with Crippen LogP contribution in [0.15, 0.2) is 0 Å². The lowest BCUT2D eigenvalue weighted by Crippen LogP contribution is -2.44. The molecule has 0 aromatic rings. The summed E-state index contributed by atoms with van der Waals surface area (Å²) >= 11 is 0. The van der Waals surface area contributed by atoms with Crippen molar-refractivity contribution in [3.63, 3.8) is 0 Å². The first-order chi connectivity index (χ1) is 17.0. The van der Waals surface area contributed by atoms with Crippen LogP contribution in [0, 0.1) is 11.3 Å². The van der Waals surface area contributed by atoms with E-state index in [0.29, 0.717) is 12.8 Å². The number of rotatable bonds is 22. The number of aliphatic carboxylic acids is 1. The lowest BCUT2D eigenvalue weighted by molar-refractivity contribution is -0.174. The van der Waals surface area contributed by atoms with Crippen LogP contribution in [-0.4, -0.2) is 23.1 Å². The first kappa shape index (κ1) is 32.0. The first-order valence-corrected chi connectivity index (χ1v) is 15.4. The predicted octanol–water partition coefficient (Wildman–Crippen LogP) is 9.63. The molecule has 0 aliphatic heterocycles. The number of carbonyl (C=O) groups is 2. The molecular weight excluding hydrogens is 436 g/mol. The molecule has 4 heteroatoms. The van der Waals surface area contributed by atoms with Crippen molar-refractivity contribution in [3.05, 3.63) is 0 Å². The summed E-state index contributed by atoms with van der Waals surface area (Å²) in [7, 11) is 0. The Labute approximate surface area is 217 Å². The molecule has 0 aromatic heterocycles. The summed E-state index contributed by atoms with van der Waals surface area (Å²) in [5.41, 5.74) is -0.871. The topological polar surface area (TPSA) is 63.6 Å². The van der Waals surface area contributed by atoms with E-state index in [1.165, 1.54) is 89.9 Å². The van der Waals surface area contributed by atoms with Gasteiger partial charge in [-0.05, 0) is 39.0 Å². The molecule has 0 saturated heterocycles. The van der Waals surface area contributed by atoms with Crippen LogP contribution in [0.25, 0.3) is 0 Å². The number of carboxylic acid groups (broad SMARTS) is 1. The molecule has 3 atom stereocenters. The summed E-state index contributed by atoms with van der Waals surface area (Å²) in [5.74, 6) is -1.73. The monoisotopic (exact) mass is 494 g/mol. The fraction of sp³-hybridized carbons (Fsp3) is 0.935. The van der Waals surface area contributed by atoms with Gasteiger partial charge in [-0.25, -0.2) is 0 Å². The molecule has 206 valence electrons. The van der Waals surface area contributed by atoms with Gasteiger partial charge in [0.05, 0.1) is 11.3 Å². The van der Waals surface area contributed by atoms with Crippen molar-refractivity contribution >= 4 is 11.9 Å². The van der Waals surface area contributed by atoms with Gasteiger partial charge in [0.25, 0.3) is 0 Å². The molecule has 0 spiro atoms. The van der Waals surface area contributed by atoms with Crippen molar-refractivity contribution in [2.75, 3.05) is 0 Å². The zero-order valence-corrected chi connectivity index (χ0v) is 23.6. The fourth-order valence-electron chi connectivity index (χ4n) is 5.70. The number of hydrogen-bond acceptors (Lipinski definition) is 3. The third kappa shape index (κ3) is 13.7. The minimum absolute atomic E-state index is 0.0578. The summed E-state index contributed by atoms with van der Waals surface area (Å²) in [6, 6.07) is 0. The third-order valence-corrected chi connectivity index (χ3v) is 8.26. The quantitative estimate of drug-likeness (QED) is 0.120. The molecule has 0 heterocycles. The molecular formula is C31H58O4. The fourth-order valence-corrected chi connectivity index (χ4v) is 5.70. The molecule has 35 heavy (non-hydrogen) atoms. The van der Waals surface area contributed by atoms with Crippen molar-refractivity contribution in [2.45, 2.75) is 175 Å². The van der Waals surface area contributed by atoms with Crippen LogP contribution in [0.4, 0.5) is 0 Å². The molecule has 0 radical (unpaired) electrons. The van der Waals surface area contributed by atoms with E-state index in [4.69, 9.17) is 4.74 Å². The summed E-state index contributed by atoms with van der Waals surface area (Å²) in [6.07, 6.45) is 27.1. The Morgan fingerprint density at radius 1 is 0.743 bits per heavy atom. The van der Waals surface area contributed by atoms with E-state index in [1.807, 2.05) is 6.92 Å². The molecule has 3 unspecified atom stereocenters. The standard InChI is InChI=1S/C31H58O4/c1-4-6-8-9-10-11-12-13-14-15-16-17-18-19-20-24-27(23-7-5-2)35-30(34)31(3)26-22-21-25-28(31)29(32)33/h27-28H,4-26H2,1-3H3,(H,32,33). The molecule has 1 aliphatic rings. The van der Waals surface area contributed by atoms with Gasteiger partial charge < -0.3 is 9.84 Å². The molecule has 1 rings (SSSR count). The minimum atomic E-state index is -0.871. The summed E-state index contributed by atoms with van der Waals surface area (Å²) in [5, 5.41) is 9.64. The molecule has 4 nitrogen and oxygen atoms in total. The Bertz CT molecular complexity index is 546. The highest BCUT2D eigenvalue weighted by Gasteiger charge is 2.48. The summed E-state index contributed by atoms with van der Waals surface area (Å²) in [6.45, 7) is 6.26. The number of carbonyl (C=O) groups excluding carboxylic acids is 1. The number of carboxylic acids is 1. The van der Waals surface area contributed by atoms with E-state index in [9.17, 15) is 14.7 Å². The molecule has 0 aromatic carbocycles. The van der Waals surface area contributed by atoms with Gasteiger partial charge in [0.2, 0.25) is 0 Å². The van der Waals surface area contributed by atoms with Crippen LogP contribution in [0.3, 0.4) is 0 Å². The normalized spacial score (nSPS) is 21.1. The van der Waals surface area contributed by atoms with Gasteiger partial charge in [0, 0.05) is 0 Å². The van der Waals surface area contributed by atoms with Crippen molar-refractivity contribution in [3.8, 4) is 0 Å². The summed E-state index contributed by atoms with van der Waals surface area (Å²) < 4.78 is 5.99. The van der Waals surface area contributed by atoms with Crippen LogP contribution < -0.4 is 0 Å². The highest BCUT2D eigenvalue weighted by molar-refractivity contribution is 5.84. The second kappa shape index (κ2) is 20.0. The average Bonchev–Trinajstić information content (AvgIpc) is 2.84. The van der Waals surface area contributed by atoms with E-state index in [0.717, 1.165) is 44.9 Å². The van der Waals surface area contributed by atoms with Crippen LogP contribution >= 0.6 is 0 Å². The van der Waals surface area contributed by atoms with E-state index in [-0.39, 0.29) is 12.1 Å². The Kier molecular flexibility index (Phi) is 18.3. The third-order valence-electron chi connectivity index (χ3n) is 8.26. The van der Waals surface area contributed by atoms with E-state index < -0.39 is 17.3 Å². The van der Waals surface area contributed by atoms with Gasteiger partial charge in [-0.1, -0.05) is 129 Å². The lowest BCUT2D eigenvalue weighted by atomic mass is 9.67. The Morgan fingerprint density at radius 3 is 1.69 bits per heavy atom. The highest BCUT2D eigenvalue weighted by Crippen LogP contribution is 2.42. The lowest BCUT2D eigenvalue weighted by Gasteiger charge is -2.37. The van der Waals surface area contributed by atoms with E-state index in [1.54, 1.807) is 0 Å². The Balaban J connectivity index is 2.18. The van der Waals surface area contributed by atoms with Crippen molar-refractivity contribution < 1.29 is 19.4 Å². The van der Waals surface area contributed by atoms with Crippen LogP contribution in [0.1, 0.15) is 168 Å².